The van der Waals surface area contributed by atoms with E-state index in [1.807, 2.05) is 12.1 Å². The summed E-state index contributed by atoms with van der Waals surface area (Å²) in [5.74, 6) is 1.72. The number of anilines is 3. The Morgan fingerprint density at radius 3 is 2.30 bits per heavy atom. The Morgan fingerprint density at radius 2 is 1.57 bits per heavy atom. The van der Waals surface area contributed by atoms with E-state index in [0.717, 1.165) is 0 Å². The van der Waals surface area contributed by atoms with Crippen LogP contribution in [0.3, 0.4) is 0 Å². The predicted octanol–water partition coefficient (Wildman–Crippen LogP) is 4.71. The summed E-state index contributed by atoms with van der Waals surface area (Å²) in [6.45, 7) is 0. The van der Waals surface area contributed by atoms with E-state index in [2.05, 4.69) is 16.0 Å². The number of methoxy groups -OCH3 is 2. The summed E-state index contributed by atoms with van der Waals surface area (Å²) >= 11 is 0. The molecule has 3 N–H and O–H groups in total. The SMILES string of the molecule is COc1cc(NC(=O)Nc2ccc3c(c2)C(=O)Nc2ccccc2O3)cc(OC)c1. The maximum Gasteiger partial charge on any atom is 0.323 e. The number of rotatable bonds is 4. The van der Waals surface area contributed by atoms with Crippen molar-refractivity contribution in [3.63, 3.8) is 0 Å². The van der Waals surface area contributed by atoms with Gasteiger partial charge >= 0.3 is 6.03 Å². The van der Waals surface area contributed by atoms with Crippen molar-refractivity contribution in [1.82, 2.24) is 0 Å². The standard InChI is InChI=1S/C22H19N3O5/c1-28-15-9-14(10-16(12-15)29-2)24-22(27)23-13-7-8-19-17(11-13)21(26)25-18-5-3-4-6-20(18)30-19/h3-12H,1-2H3,(H,25,26)(H2,23,24,27). The van der Waals surface area contributed by atoms with Gasteiger partial charge in [0.05, 0.1) is 25.5 Å². The lowest BCUT2D eigenvalue weighted by molar-refractivity contribution is 0.102. The fraction of sp³-hybridized carbons (Fsp3) is 0.0909. The van der Waals surface area contributed by atoms with Gasteiger partial charge in [-0.15, -0.1) is 0 Å². The van der Waals surface area contributed by atoms with Gasteiger partial charge in [-0.2, -0.15) is 0 Å². The van der Waals surface area contributed by atoms with Crippen LogP contribution in [0.5, 0.6) is 23.0 Å². The summed E-state index contributed by atoms with van der Waals surface area (Å²) in [5, 5.41) is 8.23. The third-order valence-corrected chi connectivity index (χ3v) is 4.45. The number of hydrogen-bond donors (Lipinski definition) is 3. The van der Waals surface area contributed by atoms with Gasteiger partial charge in [-0.3, -0.25) is 4.79 Å². The van der Waals surface area contributed by atoms with E-state index >= 15 is 0 Å². The van der Waals surface area contributed by atoms with Crippen LogP contribution in [0.2, 0.25) is 0 Å². The topological polar surface area (TPSA) is 97.9 Å². The van der Waals surface area contributed by atoms with Crippen LogP contribution in [0, 0.1) is 0 Å². The van der Waals surface area contributed by atoms with Gasteiger partial charge in [0.1, 0.15) is 17.2 Å². The second-order valence-electron chi connectivity index (χ2n) is 6.44. The minimum absolute atomic E-state index is 0.312. The van der Waals surface area contributed by atoms with Gasteiger partial charge in [0.15, 0.2) is 5.75 Å². The lowest BCUT2D eigenvalue weighted by atomic mass is 10.1. The number of carbonyl (C=O) groups excluding carboxylic acids is 2. The Labute approximate surface area is 172 Å². The number of ether oxygens (including phenoxy) is 3. The summed E-state index contributed by atoms with van der Waals surface area (Å²) in [4.78, 5) is 25.0. The molecule has 4 rings (SSSR count). The molecule has 0 unspecified atom stereocenters. The normalized spacial score (nSPS) is 11.7. The number of para-hydroxylation sites is 2. The number of benzene rings is 3. The molecule has 30 heavy (non-hydrogen) atoms. The molecule has 0 saturated heterocycles. The number of amides is 3. The summed E-state index contributed by atoms with van der Waals surface area (Å²) < 4.78 is 16.2. The Morgan fingerprint density at radius 1 is 0.867 bits per heavy atom. The fourth-order valence-corrected chi connectivity index (χ4v) is 3.01. The van der Waals surface area contributed by atoms with Crippen molar-refractivity contribution in [2.75, 3.05) is 30.2 Å². The Hall–Kier alpha value is -4.20. The number of fused-ring (bicyclic) bond motifs is 2. The highest BCUT2D eigenvalue weighted by atomic mass is 16.5. The van der Waals surface area contributed by atoms with E-state index in [9.17, 15) is 9.59 Å². The third kappa shape index (κ3) is 3.97. The zero-order chi connectivity index (χ0) is 21.1. The molecule has 8 nitrogen and oxygen atoms in total. The average Bonchev–Trinajstić information content (AvgIpc) is 2.89. The van der Waals surface area contributed by atoms with E-state index in [-0.39, 0.29) is 5.91 Å². The largest absolute Gasteiger partial charge is 0.497 e. The molecule has 3 aromatic carbocycles. The zero-order valence-electron chi connectivity index (χ0n) is 16.3. The first-order valence-electron chi connectivity index (χ1n) is 9.09. The highest BCUT2D eigenvalue weighted by molar-refractivity contribution is 6.09. The highest BCUT2D eigenvalue weighted by Crippen LogP contribution is 2.36. The molecule has 3 amide bonds. The van der Waals surface area contributed by atoms with E-state index in [1.165, 1.54) is 14.2 Å². The maximum absolute atomic E-state index is 12.6. The minimum Gasteiger partial charge on any atom is -0.497 e. The minimum atomic E-state index is -0.483. The molecule has 1 aliphatic rings. The van der Waals surface area contributed by atoms with Crippen molar-refractivity contribution >= 4 is 29.0 Å². The van der Waals surface area contributed by atoms with Crippen molar-refractivity contribution in [3.05, 3.63) is 66.2 Å². The molecule has 0 fully saturated rings. The molecule has 152 valence electrons. The molecule has 1 aliphatic heterocycles. The van der Waals surface area contributed by atoms with Crippen molar-refractivity contribution in [2.24, 2.45) is 0 Å². The number of hydrogen-bond acceptors (Lipinski definition) is 5. The van der Waals surface area contributed by atoms with Gasteiger partial charge in [-0.05, 0) is 30.3 Å². The van der Waals surface area contributed by atoms with Crippen molar-refractivity contribution in [1.29, 1.82) is 0 Å². The molecular weight excluding hydrogens is 386 g/mol. The van der Waals surface area contributed by atoms with Gasteiger partial charge in [0.25, 0.3) is 5.91 Å². The molecule has 0 saturated carbocycles. The molecule has 0 spiro atoms. The molecule has 0 aliphatic carbocycles. The van der Waals surface area contributed by atoms with Crippen LogP contribution >= 0.6 is 0 Å². The van der Waals surface area contributed by atoms with Gasteiger partial charge in [0, 0.05) is 29.6 Å². The monoisotopic (exact) mass is 405 g/mol. The van der Waals surface area contributed by atoms with Crippen LogP contribution in [0.1, 0.15) is 10.4 Å². The zero-order valence-corrected chi connectivity index (χ0v) is 16.3. The number of urea groups is 1. The van der Waals surface area contributed by atoms with E-state index in [1.54, 1.807) is 48.5 Å². The number of carbonyl (C=O) groups is 2. The molecule has 0 atom stereocenters. The Bertz CT molecular complexity index is 1110. The Kier molecular flexibility index (Phi) is 5.13. The second kappa shape index (κ2) is 8.04. The fourth-order valence-electron chi connectivity index (χ4n) is 3.01. The first kappa shape index (κ1) is 19.1. The van der Waals surface area contributed by atoms with E-state index < -0.39 is 6.03 Å². The lowest BCUT2D eigenvalue weighted by Gasteiger charge is -2.12. The Balaban J connectivity index is 1.52. The van der Waals surface area contributed by atoms with Crippen LogP contribution in [0.25, 0.3) is 0 Å². The average molecular weight is 405 g/mol. The smallest absolute Gasteiger partial charge is 0.323 e. The molecule has 3 aromatic rings. The van der Waals surface area contributed by atoms with Gasteiger partial charge in [-0.1, -0.05) is 12.1 Å². The van der Waals surface area contributed by atoms with Crippen LogP contribution in [-0.2, 0) is 0 Å². The van der Waals surface area contributed by atoms with Gasteiger partial charge < -0.3 is 30.2 Å². The molecule has 1 heterocycles. The molecule has 0 aromatic heterocycles. The van der Waals surface area contributed by atoms with Gasteiger partial charge in [0.2, 0.25) is 0 Å². The number of nitrogens with one attached hydrogen (secondary N) is 3. The summed E-state index contributed by atoms with van der Waals surface area (Å²) in [6.07, 6.45) is 0. The first-order chi connectivity index (χ1) is 14.6. The third-order valence-electron chi connectivity index (χ3n) is 4.45. The van der Waals surface area contributed by atoms with Gasteiger partial charge in [-0.25, -0.2) is 4.79 Å². The lowest BCUT2D eigenvalue weighted by Crippen LogP contribution is -2.20. The summed E-state index contributed by atoms with van der Waals surface area (Å²) in [6, 6.07) is 16.6. The predicted molar refractivity (Wildman–Crippen MR) is 113 cm³/mol. The van der Waals surface area contributed by atoms with Crippen LogP contribution in [0.15, 0.2) is 60.7 Å². The molecule has 0 bridgehead atoms. The van der Waals surface area contributed by atoms with Crippen molar-refractivity contribution < 1.29 is 23.8 Å². The van der Waals surface area contributed by atoms with Crippen LogP contribution < -0.4 is 30.2 Å². The summed E-state index contributed by atoms with van der Waals surface area (Å²) in [5.41, 5.74) is 1.82. The van der Waals surface area contributed by atoms with Crippen molar-refractivity contribution in [3.8, 4) is 23.0 Å². The van der Waals surface area contributed by atoms with Crippen molar-refractivity contribution in [2.45, 2.75) is 0 Å². The quantitative estimate of drug-likeness (QED) is 0.584. The maximum atomic E-state index is 12.6. The first-order valence-corrected chi connectivity index (χ1v) is 9.09. The molecular formula is C22H19N3O5. The second-order valence-corrected chi connectivity index (χ2v) is 6.44. The summed E-state index contributed by atoms with van der Waals surface area (Å²) in [7, 11) is 3.05. The van der Waals surface area contributed by atoms with E-state index in [0.29, 0.717) is 45.6 Å². The van der Waals surface area contributed by atoms with Crippen LogP contribution in [0.4, 0.5) is 21.9 Å². The van der Waals surface area contributed by atoms with Crippen LogP contribution in [-0.4, -0.2) is 26.2 Å². The molecule has 8 heteroatoms. The highest BCUT2D eigenvalue weighted by Gasteiger charge is 2.21. The molecule has 0 radical (unpaired) electrons. The van der Waals surface area contributed by atoms with E-state index in [4.69, 9.17) is 14.2 Å².